The van der Waals surface area contributed by atoms with Crippen molar-refractivity contribution in [3.05, 3.63) is 0 Å². The molecule has 14 atom stereocenters. The van der Waals surface area contributed by atoms with Crippen LogP contribution in [0.4, 0.5) is 0 Å². The average Bonchev–Trinajstić information content (AvgIpc) is 3.69. The molecule has 6 heterocycles. The average molecular weight is 618 g/mol. The quantitative estimate of drug-likeness (QED) is 0.145. The van der Waals surface area contributed by atoms with Gasteiger partial charge in [0.25, 0.3) is 15.6 Å². The summed E-state index contributed by atoms with van der Waals surface area (Å²) in [5, 5.41) is 0. The molecule has 5 unspecified atom stereocenters. The number of phosphoric acid groups is 2. The molecule has 0 aromatic heterocycles. The van der Waals surface area contributed by atoms with Crippen molar-refractivity contribution in [3.8, 4) is 0 Å². The Kier molecular flexibility index (Phi) is 8.24. The van der Waals surface area contributed by atoms with E-state index < -0.39 is 100 Å². The fourth-order valence-corrected chi connectivity index (χ4v) is 8.39. The van der Waals surface area contributed by atoms with Gasteiger partial charge in [0.15, 0.2) is 0 Å². The van der Waals surface area contributed by atoms with Crippen LogP contribution in [0.15, 0.2) is 0 Å². The third kappa shape index (κ3) is 5.27. The largest absolute Gasteiger partial charge is 0.756 e. The van der Waals surface area contributed by atoms with E-state index in [1.54, 1.807) is 0 Å². The molecule has 0 saturated carbocycles. The first-order chi connectivity index (χ1) is 19.3. The lowest BCUT2D eigenvalue weighted by Gasteiger charge is -2.37. The van der Waals surface area contributed by atoms with E-state index in [0.717, 1.165) is 0 Å². The summed E-state index contributed by atoms with van der Waals surface area (Å²) in [7, 11) is 10.3. The molecule has 6 bridgehead atoms. The van der Waals surface area contributed by atoms with Gasteiger partial charge in [-0.15, -0.1) is 0 Å². The number of hydrogen-bond donors (Lipinski definition) is 0. The lowest BCUT2D eigenvalue weighted by molar-refractivity contribution is -0.246. The maximum Gasteiger partial charge on any atom is 0.268 e. The summed E-state index contributed by atoms with van der Waals surface area (Å²) >= 11 is 0. The van der Waals surface area contributed by atoms with Crippen molar-refractivity contribution in [2.24, 2.45) is 0 Å². The fraction of sp³-hybridized carbons (Fsp3) is 1.00. The van der Waals surface area contributed by atoms with Crippen LogP contribution in [0.2, 0.25) is 0 Å². The topological polar surface area (TPSA) is 191 Å². The molecule has 6 aliphatic rings. The number of hydrogen-bond acceptors (Lipinski definition) is 16. The van der Waals surface area contributed by atoms with E-state index in [1.807, 2.05) is 0 Å². The Hall–Kier alpha value is 0.0948. The number of rotatable bonds is 13. The zero-order chi connectivity index (χ0) is 29.4. The van der Waals surface area contributed by atoms with Gasteiger partial charge in [-0.1, -0.05) is 0 Å². The Morgan fingerprint density at radius 3 is 1.41 bits per heavy atom. The maximum absolute atomic E-state index is 12.9. The van der Waals surface area contributed by atoms with Gasteiger partial charge >= 0.3 is 0 Å². The van der Waals surface area contributed by atoms with Gasteiger partial charge in [-0.2, -0.15) is 0 Å². The SMILES string of the molecule is [B][C@@H]1O[C@@]2(COP(=O)([O-])OC3[C@@H]4OC[C@]3(COP(=O)([O-])OC3[C@@H]5OC[C@]3(COC)O[C@H]5[B])O[C@H]4[B])CO[C@H]1C2OC. The van der Waals surface area contributed by atoms with Crippen LogP contribution in [0.25, 0.3) is 0 Å². The molecule has 0 spiro atoms. The molecule has 6 rings (SSSR count). The molecule has 0 aromatic carbocycles. The molecule has 6 radical (unpaired) electrons. The van der Waals surface area contributed by atoms with Crippen LogP contribution >= 0.6 is 15.6 Å². The lowest BCUT2D eigenvalue weighted by atomic mass is 9.92. The first kappa shape index (κ1) is 31.1. The van der Waals surface area contributed by atoms with Gasteiger partial charge in [0.2, 0.25) is 0 Å². The Labute approximate surface area is 239 Å². The zero-order valence-corrected chi connectivity index (χ0v) is 23.9. The van der Waals surface area contributed by atoms with Gasteiger partial charge in [0.1, 0.15) is 77.0 Å². The van der Waals surface area contributed by atoms with E-state index >= 15 is 0 Å². The standard InChI is InChI=1S/C20H29B3O16P2/c1-28-3-18-4-31-10(16(22)35-18)13(18)38-41(26,27)34-8-20-6-32-11(17(23)37-20)14(20)39-40(24,25)33-7-19-5-30-9(12(19)29-2)15(21)36-19/h9-17H,3-8H2,1-2H3,(H,24,25)(H,26,27)/p-2/t9-,10-,11-,12?,13?,14?,15+,16+,17+,18-,19+,20+/m0/s1. The fourth-order valence-electron chi connectivity index (χ4n) is 6.33. The normalized spacial score (nSPS) is 50.9. The molecular weight excluding hydrogens is 591 g/mol. The second-order valence-electron chi connectivity index (χ2n) is 10.9. The summed E-state index contributed by atoms with van der Waals surface area (Å²) in [5.41, 5.74) is -4.27. The zero-order valence-electron chi connectivity index (χ0n) is 22.1. The van der Waals surface area contributed by atoms with Gasteiger partial charge in [-0.25, -0.2) is 0 Å². The van der Waals surface area contributed by atoms with Crippen molar-refractivity contribution in [1.82, 2.24) is 0 Å². The Morgan fingerprint density at radius 2 is 1.05 bits per heavy atom. The minimum absolute atomic E-state index is 0.00777. The first-order valence-electron chi connectivity index (χ1n) is 12.7. The molecule has 224 valence electrons. The summed E-state index contributed by atoms with van der Waals surface area (Å²) in [6.07, 6.45) is -5.80. The highest BCUT2D eigenvalue weighted by Crippen LogP contribution is 2.54. The van der Waals surface area contributed by atoms with Crippen LogP contribution in [-0.4, -0.2) is 149 Å². The van der Waals surface area contributed by atoms with Crippen molar-refractivity contribution in [3.63, 3.8) is 0 Å². The number of methoxy groups -OCH3 is 2. The van der Waals surface area contributed by atoms with Crippen molar-refractivity contribution >= 4 is 39.2 Å². The van der Waals surface area contributed by atoms with Crippen LogP contribution in [0.5, 0.6) is 0 Å². The summed E-state index contributed by atoms with van der Waals surface area (Å²) in [6.45, 7) is -1.65. The number of phosphoric ester groups is 2. The molecule has 16 nitrogen and oxygen atoms in total. The molecule has 0 N–H and O–H groups in total. The van der Waals surface area contributed by atoms with Crippen LogP contribution in [0.1, 0.15) is 0 Å². The summed E-state index contributed by atoms with van der Waals surface area (Å²) in [4.78, 5) is 25.8. The molecular formula is C20H27B3O16P2-2. The van der Waals surface area contributed by atoms with Crippen molar-refractivity contribution in [2.75, 3.05) is 53.9 Å². The van der Waals surface area contributed by atoms with Crippen molar-refractivity contribution < 1.29 is 74.9 Å². The smallest absolute Gasteiger partial charge is 0.268 e. The monoisotopic (exact) mass is 618 g/mol. The molecule has 0 aliphatic carbocycles. The summed E-state index contributed by atoms with van der Waals surface area (Å²) < 4.78 is 90.9. The molecule has 41 heavy (non-hydrogen) atoms. The second-order valence-corrected chi connectivity index (χ2v) is 13.6. The molecule has 6 aliphatic heterocycles. The third-order valence-corrected chi connectivity index (χ3v) is 10.0. The van der Waals surface area contributed by atoms with Crippen molar-refractivity contribution in [2.45, 2.75) is 71.4 Å². The highest BCUT2D eigenvalue weighted by Gasteiger charge is 2.65. The van der Waals surface area contributed by atoms with Crippen LogP contribution in [-0.2, 0) is 65.1 Å². The van der Waals surface area contributed by atoms with E-state index in [0.29, 0.717) is 0 Å². The van der Waals surface area contributed by atoms with Gasteiger partial charge in [-0.05, 0) is 0 Å². The van der Waals surface area contributed by atoms with Gasteiger partial charge in [0, 0.05) is 32.2 Å². The third-order valence-electron chi connectivity index (χ3n) is 8.16. The van der Waals surface area contributed by atoms with Gasteiger partial charge in [0.05, 0.1) is 39.6 Å². The minimum Gasteiger partial charge on any atom is -0.756 e. The molecule has 6 fully saturated rings. The molecule has 0 amide bonds. The van der Waals surface area contributed by atoms with E-state index in [1.165, 1.54) is 14.2 Å². The Bertz CT molecular complexity index is 1110. The predicted octanol–water partition coefficient (Wildman–Crippen LogP) is -3.62. The van der Waals surface area contributed by atoms with E-state index in [-0.39, 0.29) is 26.4 Å². The highest BCUT2D eigenvalue weighted by atomic mass is 31.2. The van der Waals surface area contributed by atoms with Crippen LogP contribution in [0.3, 0.4) is 0 Å². The van der Waals surface area contributed by atoms with Gasteiger partial charge < -0.3 is 65.8 Å². The first-order valence-corrected chi connectivity index (χ1v) is 15.7. The van der Waals surface area contributed by atoms with E-state index in [2.05, 4.69) is 0 Å². The lowest BCUT2D eigenvalue weighted by Crippen LogP contribution is -2.48. The van der Waals surface area contributed by atoms with Crippen molar-refractivity contribution in [1.29, 1.82) is 0 Å². The number of ether oxygens (including phenoxy) is 8. The minimum atomic E-state index is -5.10. The second kappa shape index (κ2) is 10.9. The summed E-state index contributed by atoms with van der Waals surface area (Å²) in [6, 6.07) is -2.94. The van der Waals surface area contributed by atoms with Gasteiger partial charge in [-0.3, -0.25) is 9.13 Å². The number of fused-ring (bicyclic) bond motifs is 6. The van der Waals surface area contributed by atoms with Crippen LogP contribution in [0, 0.1) is 0 Å². The highest BCUT2D eigenvalue weighted by molar-refractivity contribution is 7.46. The van der Waals surface area contributed by atoms with Crippen LogP contribution < -0.4 is 9.79 Å². The predicted molar refractivity (Wildman–Crippen MR) is 129 cm³/mol. The van der Waals surface area contributed by atoms with E-state index in [9.17, 15) is 18.9 Å². The molecule has 0 aromatic rings. The molecule has 21 heteroatoms. The van der Waals surface area contributed by atoms with E-state index in [4.69, 9.17) is 79.5 Å². The Balaban J connectivity index is 1.11. The maximum atomic E-state index is 12.9. The Morgan fingerprint density at radius 1 is 0.683 bits per heavy atom. The summed E-state index contributed by atoms with van der Waals surface area (Å²) in [5.74, 6) is 0. The molecule has 6 saturated heterocycles.